The molecule has 0 heterocycles. The first-order valence-corrected chi connectivity index (χ1v) is 8.13. The number of nitrogens with one attached hydrogen (secondary N) is 1. The zero-order valence-corrected chi connectivity index (χ0v) is 13.2. The molecule has 1 aliphatic rings. The predicted molar refractivity (Wildman–Crippen MR) is 81.6 cm³/mol. The van der Waals surface area contributed by atoms with Gasteiger partial charge in [0, 0.05) is 12.6 Å². The van der Waals surface area contributed by atoms with E-state index in [2.05, 4.69) is 28.2 Å². The second-order valence-corrected chi connectivity index (χ2v) is 6.52. The van der Waals surface area contributed by atoms with Crippen LogP contribution < -0.4 is 5.32 Å². The first-order chi connectivity index (χ1) is 9.16. The van der Waals surface area contributed by atoms with E-state index in [-0.39, 0.29) is 5.82 Å². The fourth-order valence-corrected chi connectivity index (χ4v) is 3.15. The fourth-order valence-electron chi connectivity index (χ4n) is 2.91. The van der Waals surface area contributed by atoms with Gasteiger partial charge in [0.2, 0.25) is 0 Å². The number of hydrogen-bond acceptors (Lipinski definition) is 1. The van der Waals surface area contributed by atoms with Gasteiger partial charge in [-0.15, -0.1) is 0 Å². The number of hydrogen-bond donors (Lipinski definition) is 1. The van der Waals surface area contributed by atoms with Gasteiger partial charge in [0.05, 0.1) is 4.47 Å². The lowest BCUT2D eigenvalue weighted by Gasteiger charge is -2.23. The largest absolute Gasteiger partial charge is 0.310 e. The summed E-state index contributed by atoms with van der Waals surface area (Å²) < 4.78 is 14.0. The lowest BCUT2D eigenvalue weighted by Crippen LogP contribution is -2.32. The Bertz CT molecular complexity index is 400. The van der Waals surface area contributed by atoms with Gasteiger partial charge in [-0.05, 0) is 59.3 Å². The molecule has 0 amide bonds. The molecule has 1 fully saturated rings. The first kappa shape index (κ1) is 15.0. The van der Waals surface area contributed by atoms with E-state index in [9.17, 15) is 4.39 Å². The molecule has 1 nitrogen and oxygen atoms in total. The van der Waals surface area contributed by atoms with E-state index in [1.807, 2.05) is 6.07 Å². The summed E-state index contributed by atoms with van der Waals surface area (Å²) in [5.41, 5.74) is 1.01. The van der Waals surface area contributed by atoms with Crippen LogP contribution in [0.3, 0.4) is 0 Å². The number of rotatable bonds is 4. The smallest absolute Gasteiger partial charge is 0.137 e. The van der Waals surface area contributed by atoms with Crippen molar-refractivity contribution in [3.8, 4) is 0 Å². The molecule has 0 aliphatic heterocycles. The molecule has 1 aromatic rings. The van der Waals surface area contributed by atoms with E-state index < -0.39 is 0 Å². The van der Waals surface area contributed by atoms with Crippen molar-refractivity contribution in [1.29, 1.82) is 0 Å². The van der Waals surface area contributed by atoms with Crippen LogP contribution in [0.15, 0.2) is 22.7 Å². The van der Waals surface area contributed by atoms with Crippen molar-refractivity contribution < 1.29 is 4.39 Å². The van der Waals surface area contributed by atoms with Gasteiger partial charge >= 0.3 is 0 Å². The average molecular weight is 328 g/mol. The van der Waals surface area contributed by atoms with Crippen molar-refractivity contribution in [2.75, 3.05) is 0 Å². The van der Waals surface area contributed by atoms with E-state index in [0.717, 1.165) is 18.0 Å². The van der Waals surface area contributed by atoms with Crippen LogP contribution in [0.25, 0.3) is 0 Å². The number of benzene rings is 1. The topological polar surface area (TPSA) is 12.0 Å². The Kier molecular flexibility index (Phi) is 5.83. The molecule has 0 bridgehead atoms. The van der Waals surface area contributed by atoms with Crippen molar-refractivity contribution in [2.45, 2.75) is 58.0 Å². The van der Waals surface area contributed by atoms with Crippen LogP contribution in [-0.4, -0.2) is 6.04 Å². The standard InChI is InChI=1S/C16H23BrFN/c1-12(14-6-4-2-3-5-7-14)19-11-13-8-9-15(17)16(18)10-13/h8-10,12,14,19H,2-7,11H2,1H3/t12-/m0/s1. The van der Waals surface area contributed by atoms with E-state index in [1.165, 1.54) is 38.5 Å². The van der Waals surface area contributed by atoms with Crippen molar-refractivity contribution in [2.24, 2.45) is 5.92 Å². The van der Waals surface area contributed by atoms with E-state index >= 15 is 0 Å². The SMILES string of the molecule is C[C@H](NCc1ccc(Br)c(F)c1)C1CCCCCC1. The van der Waals surface area contributed by atoms with Crippen LogP contribution >= 0.6 is 15.9 Å². The molecule has 106 valence electrons. The van der Waals surface area contributed by atoms with Crippen LogP contribution in [0.5, 0.6) is 0 Å². The Balaban J connectivity index is 1.84. The highest BCUT2D eigenvalue weighted by atomic mass is 79.9. The highest BCUT2D eigenvalue weighted by Crippen LogP contribution is 2.25. The molecule has 1 aromatic carbocycles. The third kappa shape index (κ3) is 4.57. The Labute approximate surface area is 124 Å². The van der Waals surface area contributed by atoms with Gasteiger partial charge in [-0.2, -0.15) is 0 Å². The van der Waals surface area contributed by atoms with Gasteiger partial charge in [-0.25, -0.2) is 4.39 Å². The van der Waals surface area contributed by atoms with Crippen LogP contribution in [0.2, 0.25) is 0 Å². The quantitative estimate of drug-likeness (QED) is 0.764. The minimum absolute atomic E-state index is 0.179. The number of halogens is 2. The van der Waals surface area contributed by atoms with Crippen LogP contribution in [-0.2, 0) is 6.54 Å². The van der Waals surface area contributed by atoms with Gasteiger partial charge in [-0.1, -0.05) is 31.7 Å². The Morgan fingerprint density at radius 3 is 2.58 bits per heavy atom. The third-order valence-electron chi connectivity index (χ3n) is 4.22. The zero-order valence-electron chi connectivity index (χ0n) is 11.6. The highest BCUT2D eigenvalue weighted by Gasteiger charge is 2.18. The van der Waals surface area contributed by atoms with Crippen molar-refractivity contribution in [3.05, 3.63) is 34.1 Å². The Morgan fingerprint density at radius 2 is 1.95 bits per heavy atom. The summed E-state index contributed by atoms with van der Waals surface area (Å²) in [5.74, 6) is 0.601. The summed E-state index contributed by atoms with van der Waals surface area (Å²) in [6.45, 7) is 3.02. The van der Waals surface area contributed by atoms with Crippen molar-refractivity contribution >= 4 is 15.9 Å². The molecule has 0 radical (unpaired) electrons. The van der Waals surface area contributed by atoms with Crippen LogP contribution in [0, 0.1) is 11.7 Å². The van der Waals surface area contributed by atoms with Gasteiger partial charge in [0.15, 0.2) is 0 Å². The molecule has 1 N–H and O–H groups in total. The molecule has 0 spiro atoms. The van der Waals surface area contributed by atoms with Crippen LogP contribution in [0.1, 0.15) is 51.0 Å². The van der Waals surface area contributed by atoms with Gasteiger partial charge in [0.1, 0.15) is 5.82 Å². The summed E-state index contributed by atoms with van der Waals surface area (Å²) in [7, 11) is 0. The summed E-state index contributed by atoms with van der Waals surface area (Å²) in [5, 5.41) is 3.56. The predicted octanol–water partition coefficient (Wildman–Crippen LogP) is 5.04. The fraction of sp³-hybridized carbons (Fsp3) is 0.625. The average Bonchev–Trinajstić information content (AvgIpc) is 2.69. The summed E-state index contributed by atoms with van der Waals surface area (Å²) >= 11 is 3.19. The molecule has 0 aromatic heterocycles. The van der Waals surface area contributed by atoms with E-state index in [1.54, 1.807) is 12.1 Å². The lowest BCUT2D eigenvalue weighted by atomic mass is 9.93. The maximum absolute atomic E-state index is 13.4. The second kappa shape index (κ2) is 7.39. The third-order valence-corrected chi connectivity index (χ3v) is 4.86. The normalized spacial score (nSPS) is 19.1. The van der Waals surface area contributed by atoms with Crippen LogP contribution in [0.4, 0.5) is 4.39 Å². The lowest BCUT2D eigenvalue weighted by molar-refractivity contribution is 0.336. The van der Waals surface area contributed by atoms with Gasteiger partial charge in [-0.3, -0.25) is 0 Å². The summed E-state index contributed by atoms with van der Waals surface area (Å²) in [4.78, 5) is 0. The molecule has 1 saturated carbocycles. The molecule has 1 aliphatic carbocycles. The highest BCUT2D eigenvalue weighted by molar-refractivity contribution is 9.10. The molecule has 2 rings (SSSR count). The van der Waals surface area contributed by atoms with E-state index in [0.29, 0.717) is 10.5 Å². The zero-order chi connectivity index (χ0) is 13.7. The summed E-state index contributed by atoms with van der Waals surface area (Å²) in [6, 6.07) is 5.88. The maximum atomic E-state index is 13.4. The van der Waals surface area contributed by atoms with Crippen molar-refractivity contribution in [1.82, 2.24) is 5.32 Å². The Hall–Kier alpha value is -0.410. The molecular weight excluding hydrogens is 305 g/mol. The molecule has 0 unspecified atom stereocenters. The molecular formula is C16H23BrFN. The first-order valence-electron chi connectivity index (χ1n) is 7.34. The monoisotopic (exact) mass is 327 g/mol. The second-order valence-electron chi connectivity index (χ2n) is 5.67. The summed E-state index contributed by atoms with van der Waals surface area (Å²) in [6.07, 6.45) is 8.18. The molecule has 1 atom stereocenters. The molecule has 0 saturated heterocycles. The van der Waals surface area contributed by atoms with Crippen molar-refractivity contribution in [3.63, 3.8) is 0 Å². The maximum Gasteiger partial charge on any atom is 0.137 e. The molecule has 19 heavy (non-hydrogen) atoms. The van der Waals surface area contributed by atoms with Gasteiger partial charge in [0.25, 0.3) is 0 Å². The minimum Gasteiger partial charge on any atom is -0.310 e. The Morgan fingerprint density at radius 1 is 1.26 bits per heavy atom. The van der Waals surface area contributed by atoms with E-state index in [4.69, 9.17) is 0 Å². The minimum atomic E-state index is -0.179. The van der Waals surface area contributed by atoms with Gasteiger partial charge < -0.3 is 5.32 Å². The molecule has 3 heteroatoms.